The summed E-state index contributed by atoms with van der Waals surface area (Å²) in [5.74, 6) is -1.01. The fourth-order valence-electron chi connectivity index (χ4n) is 3.90. The van der Waals surface area contributed by atoms with E-state index >= 15 is 0 Å². The molecule has 0 spiro atoms. The zero-order valence-electron chi connectivity index (χ0n) is 19.8. The predicted octanol–water partition coefficient (Wildman–Crippen LogP) is 5.17. The lowest BCUT2D eigenvalue weighted by Crippen LogP contribution is -2.44. The second-order valence-corrected chi connectivity index (χ2v) is 9.11. The van der Waals surface area contributed by atoms with E-state index in [-0.39, 0.29) is 18.2 Å². The van der Waals surface area contributed by atoms with Crippen molar-refractivity contribution >= 4 is 34.8 Å². The highest BCUT2D eigenvalue weighted by Gasteiger charge is 2.33. The monoisotopic (exact) mass is 498 g/mol. The van der Waals surface area contributed by atoms with Gasteiger partial charge < -0.3 is 10.1 Å². The van der Waals surface area contributed by atoms with Gasteiger partial charge in [0, 0.05) is 17.1 Å². The number of methoxy groups -OCH3 is 1. The highest BCUT2D eigenvalue weighted by Crippen LogP contribution is 2.30. The van der Waals surface area contributed by atoms with E-state index in [0.29, 0.717) is 23.4 Å². The number of hydrogen-bond acceptors (Lipinski definition) is 5. The van der Waals surface area contributed by atoms with Crippen LogP contribution in [0.1, 0.15) is 32.4 Å². The summed E-state index contributed by atoms with van der Waals surface area (Å²) in [5.41, 5.74) is 2.50. The SMILES string of the molecule is COC(=O)c1ccc(N(C(=O)Cc2cccs2)[C@H](C(=O)NCc2ccccc2)c2ccccc2)cc1. The summed E-state index contributed by atoms with van der Waals surface area (Å²) in [4.78, 5) is 41.8. The smallest absolute Gasteiger partial charge is 0.337 e. The van der Waals surface area contributed by atoms with Crippen LogP contribution in [-0.4, -0.2) is 24.9 Å². The Labute approximate surface area is 214 Å². The van der Waals surface area contributed by atoms with E-state index in [1.807, 2.05) is 78.2 Å². The fraction of sp³-hybridized carbons (Fsp3) is 0.138. The van der Waals surface area contributed by atoms with Crippen LogP contribution in [0.5, 0.6) is 0 Å². The van der Waals surface area contributed by atoms with Crippen LogP contribution in [0.15, 0.2) is 102 Å². The maximum Gasteiger partial charge on any atom is 0.337 e. The molecule has 0 saturated heterocycles. The molecule has 2 amide bonds. The average molecular weight is 499 g/mol. The second kappa shape index (κ2) is 12.0. The maximum absolute atomic E-state index is 13.7. The first kappa shape index (κ1) is 24.9. The van der Waals surface area contributed by atoms with E-state index in [9.17, 15) is 14.4 Å². The van der Waals surface area contributed by atoms with E-state index in [0.717, 1.165) is 10.4 Å². The number of ether oxygens (including phenoxy) is 1. The van der Waals surface area contributed by atoms with Gasteiger partial charge in [-0.2, -0.15) is 0 Å². The summed E-state index contributed by atoms with van der Waals surface area (Å²) >= 11 is 1.49. The van der Waals surface area contributed by atoms with E-state index in [1.165, 1.54) is 23.3 Å². The zero-order chi connectivity index (χ0) is 25.3. The molecule has 4 rings (SSSR count). The van der Waals surface area contributed by atoms with Crippen LogP contribution in [0.4, 0.5) is 5.69 Å². The van der Waals surface area contributed by atoms with Gasteiger partial charge in [0.2, 0.25) is 11.8 Å². The Bertz CT molecular complexity index is 1290. The maximum atomic E-state index is 13.7. The standard InChI is InChI=1S/C29H26N2O4S/c1-35-29(34)23-14-16-24(17-15-23)31(26(32)19-25-13-8-18-36-25)27(22-11-6-3-7-12-22)28(33)30-20-21-9-4-2-5-10-21/h2-18,27H,19-20H2,1H3,(H,30,33)/t27-/m0/s1. The van der Waals surface area contributed by atoms with Crippen LogP contribution in [0.25, 0.3) is 0 Å². The molecule has 6 nitrogen and oxygen atoms in total. The summed E-state index contributed by atoms with van der Waals surface area (Å²) < 4.78 is 4.80. The zero-order valence-corrected chi connectivity index (χ0v) is 20.6. The molecule has 0 unspecified atom stereocenters. The van der Waals surface area contributed by atoms with Gasteiger partial charge in [0.25, 0.3) is 0 Å². The number of amides is 2. The lowest BCUT2D eigenvalue weighted by molar-refractivity contribution is -0.126. The molecular weight excluding hydrogens is 472 g/mol. The number of esters is 1. The molecule has 0 bridgehead atoms. The van der Waals surface area contributed by atoms with Gasteiger partial charge >= 0.3 is 5.97 Å². The van der Waals surface area contributed by atoms with Crippen LogP contribution < -0.4 is 10.2 Å². The average Bonchev–Trinajstić information content (AvgIpc) is 3.44. The Morgan fingerprint density at radius 3 is 2.14 bits per heavy atom. The number of nitrogens with one attached hydrogen (secondary N) is 1. The van der Waals surface area contributed by atoms with Crippen molar-refractivity contribution in [3.8, 4) is 0 Å². The predicted molar refractivity (Wildman–Crippen MR) is 141 cm³/mol. The minimum Gasteiger partial charge on any atom is -0.465 e. The van der Waals surface area contributed by atoms with Gasteiger partial charge in [-0.3, -0.25) is 14.5 Å². The molecule has 36 heavy (non-hydrogen) atoms. The van der Waals surface area contributed by atoms with Crippen molar-refractivity contribution in [2.24, 2.45) is 0 Å². The van der Waals surface area contributed by atoms with Crippen LogP contribution in [0, 0.1) is 0 Å². The number of rotatable bonds is 9. The summed E-state index contributed by atoms with van der Waals surface area (Å²) in [6, 6.07) is 28.2. The first-order chi connectivity index (χ1) is 17.6. The Morgan fingerprint density at radius 2 is 1.53 bits per heavy atom. The molecule has 4 aromatic rings. The van der Waals surface area contributed by atoms with Crippen LogP contribution >= 0.6 is 11.3 Å². The van der Waals surface area contributed by atoms with Crippen molar-refractivity contribution in [1.82, 2.24) is 5.32 Å². The molecule has 1 N–H and O–H groups in total. The summed E-state index contributed by atoms with van der Waals surface area (Å²) in [6.45, 7) is 0.331. The first-order valence-electron chi connectivity index (χ1n) is 11.5. The molecule has 0 fully saturated rings. The molecule has 1 heterocycles. The van der Waals surface area contributed by atoms with E-state index in [1.54, 1.807) is 24.3 Å². The molecule has 0 radical (unpaired) electrons. The quantitative estimate of drug-likeness (QED) is 0.323. The van der Waals surface area contributed by atoms with Crippen molar-refractivity contribution in [2.45, 2.75) is 19.0 Å². The fourth-order valence-corrected chi connectivity index (χ4v) is 4.59. The van der Waals surface area contributed by atoms with Gasteiger partial charge in [0.15, 0.2) is 0 Å². The van der Waals surface area contributed by atoms with Crippen molar-refractivity contribution in [3.05, 3.63) is 124 Å². The van der Waals surface area contributed by atoms with Gasteiger partial charge in [-0.15, -0.1) is 11.3 Å². The summed E-state index contributed by atoms with van der Waals surface area (Å²) in [6.07, 6.45) is 0.145. The molecule has 1 aromatic heterocycles. The molecule has 1 atom stereocenters. The van der Waals surface area contributed by atoms with Crippen molar-refractivity contribution < 1.29 is 19.1 Å². The highest BCUT2D eigenvalue weighted by molar-refractivity contribution is 7.10. The van der Waals surface area contributed by atoms with Crippen LogP contribution in [-0.2, 0) is 27.3 Å². The number of benzene rings is 3. The highest BCUT2D eigenvalue weighted by atomic mass is 32.1. The van der Waals surface area contributed by atoms with E-state index < -0.39 is 12.0 Å². The van der Waals surface area contributed by atoms with Crippen molar-refractivity contribution in [3.63, 3.8) is 0 Å². The van der Waals surface area contributed by atoms with Crippen molar-refractivity contribution in [1.29, 1.82) is 0 Å². The molecule has 0 aliphatic carbocycles. The van der Waals surface area contributed by atoms with Gasteiger partial charge in [-0.05, 0) is 46.8 Å². The number of carbonyl (C=O) groups is 3. The number of anilines is 1. The summed E-state index contributed by atoms with van der Waals surface area (Å²) in [7, 11) is 1.32. The van der Waals surface area contributed by atoms with Crippen LogP contribution in [0.3, 0.4) is 0 Å². The minimum atomic E-state index is -0.911. The Kier molecular flexibility index (Phi) is 8.26. The largest absolute Gasteiger partial charge is 0.465 e. The molecular formula is C29H26N2O4S. The normalized spacial score (nSPS) is 11.4. The number of thiophene rings is 1. The molecule has 7 heteroatoms. The Morgan fingerprint density at radius 1 is 0.861 bits per heavy atom. The topological polar surface area (TPSA) is 75.7 Å². The molecule has 3 aromatic carbocycles. The number of hydrogen-bond donors (Lipinski definition) is 1. The van der Waals surface area contributed by atoms with Gasteiger partial charge in [0.1, 0.15) is 6.04 Å². The van der Waals surface area contributed by atoms with Gasteiger partial charge in [-0.25, -0.2) is 4.79 Å². The molecule has 0 aliphatic heterocycles. The lowest BCUT2D eigenvalue weighted by atomic mass is 10.0. The lowest BCUT2D eigenvalue weighted by Gasteiger charge is -2.31. The Balaban J connectivity index is 1.72. The molecule has 182 valence electrons. The first-order valence-corrected chi connectivity index (χ1v) is 12.3. The second-order valence-electron chi connectivity index (χ2n) is 8.07. The van der Waals surface area contributed by atoms with Gasteiger partial charge in [-0.1, -0.05) is 66.7 Å². The molecule has 0 aliphatic rings. The van der Waals surface area contributed by atoms with Crippen LogP contribution in [0.2, 0.25) is 0 Å². The number of nitrogens with zero attached hydrogens (tertiary/aromatic N) is 1. The van der Waals surface area contributed by atoms with Gasteiger partial charge in [0.05, 0.1) is 19.1 Å². The third kappa shape index (κ3) is 6.06. The minimum absolute atomic E-state index is 0.145. The Hall–Kier alpha value is -4.23. The third-order valence-electron chi connectivity index (χ3n) is 5.67. The van der Waals surface area contributed by atoms with E-state index in [2.05, 4.69) is 5.32 Å². The number of carbonyl (C=O) groups excluding carboxylic acids is 3. The van der Waals surface area contributed by atoms with E-state index in [4.69, 9.17) is 4.74 Å². The van der Waals surface area contributed by atoms with Crippen molar-refractivity contribution in [2.75, 3.05) is 12.0 Å². The summed E-state index contributed by atoms with van der Waals surface area (Å²) in [5, 5.41) is 4.91. The third-order valence-corrected chi connectivity index (χ3v) is 6.55. The molecule has 0 saturated carbocycles.